The van der Waals surface area contributed by atoms with Crippen LogP contribution in [0.3, 0.4) is 0 Å². The number of amides is 1. The van der Waals surface area contributed by atoms with Crippen molar-refractivity contribution < 1.29 is 27.5 Å². The Bertz CT molecular complexity index is 1020. The van der Waals surface area contributed by atoms with Gasteiger partial charge < -0.3 is 14.8 Å². The Morgan fingerprint density at radius 3 is 2.64 bits per heavy atom. The summed E-state index contributed by atoms with van der Waals surface area (Å²) >= 11 is 0. The first-order chi connectivity index (χ1) is 13.4. The summed E-state index contributed by atoms with van der Waals surface area (Å²) in [4.78, 5) is 23.6. The average molecular weight is 404 g/mol. The fourth-order valence-corrected chi connectivity index (χ4v) is 4.50. The standard InChI is InChI=1S/C19H20N2O6S/c1-20-18(22)12-27-19(23)15-11-14(7-8-17(15)26-2)28(24,25)21-10-9-13-5-3-4-6-16(13)21/h3-8,11H,9-10,12H2,1-2H3,(H,20,22). The van der Waals surface area contributed by atoms with Crippen molar-refractivity contribution in [2.45, 2.75) is 11.3 Å². The highest BCUT2D eigenvalue weighted by Gasteiger charge is 2.31. The molecule has 0 aromatic heterocycles. The minimum Gasteiger partial charge on any atom is -0.496 e. The van der Waals surface area contributed by atoms with Gasteiger partial charge in [0, 0.05) is 13.6 Å². The number of fused-ring (bicyclic) bond motifs is 1. The van der Waals surface area contributed by atoms with Gasteiger partial charge in [-0.2, -0.15) is 0 Å². The van der Waals surface area contributed by atoms with Crippen LogP contribution >= 0.6 is 0 Å². The van der Waals surface area contributed by atoms with Crippen molar-refractivity contribution in [3.05, 3.63) is 53.6 Å². The van der Waals surface area contributed by atoms with E-state index >= 15 is 0 Å². The van der Waals surface area contributed by atoms with Crippen molar-refractivity contribution in [3.63, 3.8) is 0 Å². The number of ether oxygens (including phenoxy) is 2. The first-order valence-electron chi connectivity index (χ1n) is 8.55. The molecule has 1 aliphatic heterocycles. The SMILES string of the molecule is CNC(=O)COC(=O)c1cc(S(=O)(=O)N2CCc3ccccc32)ccc1OC. The molecule has 0 unspecified atom stereocenters. The molecule has 0 saturated heterocycles. The van der Waals surface area contributed by atoms with E-state index in [0.29, 0.717) is 18.7 Å². The molecule has 0 bridgehead atoms. The second-order valence-corrected chi connectivity index (χ2v) is 7.93. The Kier molecular flexibility index (Phi) is 5.55. The number of likely N-dealkylation sites (N-methyl/N-ethyl adjacent to an activating group) is 1. The molecule has 28 heavy (non-hydrogen) atoms. The van der Waals surface area contributed by atoms with E-state index in [1.54, 1.807) is 12.1 Å². The lowest BCUT2D eigenvalue weighted by molar-refractivity contribution is -0.123. The van der Waals surface area contributed by atoms with Gasteiger partial charge in [0.2, 0.25) is 0 Å². The number of hydrogen-bond donors (Lipinski definition) is 1. The summed E-state index contributed by atoms with van der Waals surface area (Å²) in [6.45, 7) is -0.154. The van der Waals surface area contributed by atoms with E-state index in [1.807, 2.05) is 12.1 Å². The minimum atomic E-state index is -3.88. The summed E-state index contributed by atoms with van der Waals surface area (Å²) in [5.74, 6) is -1.17. The van der Waals surface area contributed by atoms with Crippen molar-refractivity contribution in [3.8, 4) is 5.75 Å². The third-order valence-corrected chi connectivity index (χ3v) is 6.25. The van der Waals surface area contributed by atoms with Crippen LogP contribution in [0, 0.1) is 0 Å². The predicted molar refractivity (Wildman–Crippen MR) is 102 cm³/mol. The van der Waals surface area contributed by atoms with Gasteiger partial charge in [0.25, 0.3) is 15.9 Å². The molecule has 148 valence electrons. The molecular weight excluding hydrogens is 384 g/mol. The van der Waals surface area contributed by atoms with E-state index < -0.39 is 28.5 Å². The molecule has 0 fully saturated rings. The highest BCUT2D eigenvalue weighted by molar-refractivity contribution is 7.92. The fraction of sp³-hybridized carbons (Fsp3) is 0.263. The van der Waals surface area contributed by atoms with Gasteiger partial charge >= 0.3 is 5.97 Å². The van der Waals surface area contributed by atoms with E-state index in [0.717, 1.165) is 5.56 Å². The topological polar surface area (TPSA) is 102 Å². The highest BCUT2D eigenvalue weighted by atomic mass is 32.2. The molecule has 0 aliphatic carbocycles. The molecule has 0 spiro atoms. The molecule has 3 rings (SSSR count). The molecule has 1 heterocycles. The lowest BCUT2D eigenvalue weighted by atomic mass is 10.2. The Morgan fingerprint density at radius 2 is 1.93 bits per heavy atom. The molecular formula is C19H20N2O6S. The number of methoxy groups -OCH3 is 1. The van der Waals surface area contributed by atoms with Gasteiger partial charge in [-0.1, -0.05) is 18.2 Å². The largest absolute Gasteiger partial charge is 0.496 e. The number of esters is 1. The molecule has 1 aliphatic rings. The first kappa shape index (κ1) is 19.7. The normalized spacial score (nSPS) is 13.0. The van der Waals surface area contributed by atoms with Gasteiger partial charge in [0.05, 0.1) is 17.7 Å². The lowest BCUT2D eigenvalue weighted by Gasteiger charge is -2.20. The second-order valence-electron chi connectivity index (χ2n) is 6.07. The Balaban J connectivity index is 1.94. The molecule has 2 aromatic rings. The minimum absolute atomic E-state index is 0.0584. The summed E-state index contributed by atoms with van der Waals surface area (Å²) < 4.78 is 37.7. The van der Waals surface area contributed by atoms with Gasteiger partial charge in [-0.05, 0) is 36.2 Å². The summed E-state index contributed by atoms with van der Waals surface area (Å²) in [6, 6.07) is 11.3. The summed E-state index contributed by atoms with van der Waals surface area (Å²) in [5.41, 5.74) is 1.51. The highest BCUT2D eigenvalue weighted by Crippen LogP contribution is 2.34. The zero-order chi connectivity index (χ0) is 20.3. The smallest absolute Gasteiger partial charge is 0.342 e. The number of sulfonamides is 1. The number of hydrogen-bond acceptors (Lipinski definition) is 6. The van der Waals surface area contributed by atoms with Crippen LogP contribution < -0.4 is 14.4 Å². The van der Waals surface area contributed by atoms with Gasteiger partial charge in [0.15, 0.2) is 6.61 Å². The van der Waals surface area contributed by atoms with Gasteiger partial charge in [-0.25, -0.2) is 13.2 Å². The lowest BCUT2D eigenvalue weighted by Crippen LogP contribution is -2.29. The number of nitrogens with one attached hydrogen (secondary N) is 1. The van der Waals surface area contributed by atoms with E-state index in [9.17, 15) is 18.0 Å². The van der Waals surface area contributed by atoms with Crippen LogP contribution in [-0.4, -0.2) is 47.6 Å². The Morgan fingerprint density at radius 1 is 1.18 bits per heavy atom. The fourth-order valence-electron chi connectivity index (χ4n) is 2.97. The van der Waals surface area contributed by atoms with Crippen LogP contribution in [0.4, 0.5) is 5.69 Å². The maximum Gasteiger partial charge on any atom is 0.342 e. The Labute approximate surface area is 163 Å². The van der Waals surface area contributed by atoms with Crippen molar-refractivity contribution in [1.29, 1.82) is 0 Å². The van der Waals surface area contributed by atoms with Crippen LogP contribution in [-0.2, 0) is 26.0 Å². The quantitative estimate of drug-likeness (QED) is 0.729. The van der Waals surface area contributed by atoms with Crippen molar-refractivity contribution in [2.24, 2.45) is 0 Å². The third kappa shape index (κ3) is 3.65. The van der Waals surface area contributed by atoms with E-state index in [4.69, 9.17) is 9.47 Å². The van der Waals surface area contributed by atoms with Crippen molar-refractivity contribution >= 4 is 27.6 Å². The molecule has 0 radical (unpaired) electrons. The Hall–Kier alpha value is -3.07. The molecule has 1 N–H and O–H groups in total. The zero-order valence-electron chi connectivity index (χ0n) is 15.5. The summed E-state index contributed by atoms with van der Waals surface area (Å²) in [7, 11) is -1.11. The number of rotatable bonds is 6. The molecule has 9 heteroatoms. The van der Waals surface area contributed by atoms with Crippen LogP contribution in [0.5, 0.6) is 5.75 Å². The number of carbonyl (C=O) groups is 2. The maximum absolute atomic E-state index is 13.2. The number of benzene rings is 2. The van der Waals surface area contributed by atoms with Crippen molar-refractivity contribution in [1.82, 2.24) is 5.32 Å². The monoisotopic (exact) mass is 404 g/mol. The zero-order valence-corrected chi connectivity index (χ0v) is 16.3. The molecule has 8 nitrogen and oxygen atoms in total. The second kappa shape index (κ2) is 7.89. The van der Waals surface area contributed by atoms with Gasteiger partial charge in [-0.15, -0.1) is 0 Å². The van der Waals surface area contributed by atoms with E-state index in [-0.39, 0.29) is 16.2 Å². The average Bonchev–Trinajstić information content (AvgIpc) is 3.16. The predicted octanol–water partition coefficient (Wildman–Crippen LogP) is 1.35. The molecule has 2 aromatic carbocycles. The number of anilines is 1. The molecule has 0 atom stereocenters. The molecule has 0 saturated carbocycles. The number of para-hydroxylation sites is 1. The summed E-state index contributed by atoms with van der Waals surface area (Å²) in [5, 5.41) is 2.33. The third-order valence-electron chi connectivity index (χ3n) is 4.44. The van der Waals surface area contributed by atoms with Gasteiger partial charge in [0.1, 0.15) is 11.3 Å². The number of nitrogens with zero attached hydrogens (tertiary/aromatic N) is 1. The molecule has 1 amide bonds. The van der Waals surface area contributed by atoms with Gasteiger partial charge in [-0.3, -0.25) is 9.10 Å². The number of carbonyl (C=O) groups excluding carboxylic acids is 2. The van der Waals surface area contributed by atoms with Crippen LogP contribution in [0.15, 0.2) is 47.4 Å². The van der Waals surface area contributed by atoms with Crippen LogP contribution in [0.2, 0.25) is 0 Å². The van der Waals surface area contributed by atoms with E-state index in [2.05, 4.69) is 5.32 Å². The van der Waals surface area contributed by atoms with Crippen LogP contribution in [0.25, 0.3) is 0 Å². The van der Waals surface area contributed by atoms with Crippen LogP contribution in [0.1, 0.15) is 15.9 Å². The maximum atomic E-state index is 13.2. The van der Waals surface area contributed by atoms with E-state index in [1.165, 1.54) is 36.7 Å². The first-order valence-corrected chi connectivity index (χ1v) is 9.99. The van der Waals surface area contributed by atoms with Crippen molar-refractivity contribution in [2.75, 3.05) is 31.6 Å². The summed E-state index contributed by atoms with van der Waals surface area (Å²) in [6.07, 6.45) is 0.618.